The zero-order chi connectivity index (χ0) is 25.0. The molecule has 0 bridgehead atoms. The van der Waals surface area contributed by atoms with E-state index < -0.39 is 24.9 Å². The lowest BCUT2D eigenvalue weighted by atomic mass is 10.0. The van der Waals surface area contributed by atoms with Crippen molar-refractivity contribution in [3.63, 3.8) is 0 Å². The van der Waals surface area contributed by atoms with E-state index in [1.807, 2.05) is 38.1 Å². The number of allylic oxidation sites excluding steroid dienone is 5. The molecule has 0 aliphatic heterocycles. The summed E-state index contributed by atoms with van der Waals surface area (Å²) < 4.78 is 51.1. The molecular formula is C28H36O4S2. The predicted octanol–water partition coefficient (Wildman–Crippen LogP) is 6.58. The van der Waals surface area contributed by atoms with E-state index in [9.17, 15) is 16.8 Å². The Bertz CT molecular complexity index is 1170. The van der Waals surface area contributed by atoms with Crippen LogP contribution in [-0.2, 0) is 19.7 Å². The third kappa shape index (κ3) is 9.07. The maximum atomic E-state index is 13.2. The fraction of sp³-hybridized carbons (Fsp3) is 0.357. The summed E-state index contributed by atoms with van der Waals surface area (Å²) in [5, 5.41) is -0.497. The molecule has 34 heavy (non-hydrogen) atoms. The summed E-state index contributed by atoms with van der Waals surface area (Å²) in [6, 6.07) is 17.1. The van der Waals surface area contributed by atoms with Crippen LogP contribution in [0, 0.1) is 5.92 Å². The van der Waals surface area contributed by atoms with Crippen LogP contribution in [0.5, 0.6) is 0 Å². The predicted molar refractivity (Wildman–Crippen MR) is 141 cm³/mol. The van der Waals surface area contributed by atoms with Gasteiger partial charge in [0.25, 0.3) is 0 Å². The van der Waals surface area contributed by atoms with Crippen LogP contribution < -0.4 is 0 Å². The molecular weight excluding hydrogens is 464 g/mol. The monoisotopic (exact) mass is 500 g/mol. The van der Waals surface area contributed by atoms with Gasteiger partial charge >= 0.3 is 0 Å². The first-order valence-corrected chi connectivity index (χ1v) is 14.8. The number of rotatable bonds is 13. The summed E-state index contributed by atoms with van der Waals surface area (Å²) in [5.74, 6) is 0.136. The lowest BCUT2D eigenvalue weighted by molar-refractivity contribution is 0.545. The summed E-state index contributed by atoms with van der Waals surface area (Å²) in [6.07, 6.45) is 12.0. The van der Waals surface area contributed by atoms with E-state index in [0.29, 0.717) is 29.1 Å². The third-order valence-electron chi connectivity index (χ3n) is 5.41. The smallest absolute Gasteiger partial charge is 0.181 e. The molecule has 0 fully saturated rings. The van der Waals surface area contributed by atoms with Gasteiger partial charge in [0, 0.05) is 0 Å². The van der Waals surface area contributed by atoms with Gasteiger partial charge in [-0.25, -0.2) is 16.8 Å². The standard InChI is InChI=1S/C28H36O4S2/c1-24(2)22-25(3)23-28(34(31,32)27-18-13-9-14-19-27)20-10-6-4-5-7-15-21-33(29,30)26-16-11-8-12-17-26/h6-19,22,25,28H,4-5,20-21,23H2,1-3H3. The highest BCUT2D eigenvalue weighted by molar-refractivity contribution is 7.92. The second-order valence-electron chi connectivity index (χ2n) is 8.79. The molecule has 6 heteroatoms. The molecule has 184 valence electrons. The molecule has 0 N–H and O–H groups in total. The summed E-state index contributed by atoms with van der Waals surface area (Å²) in [6.45, 7) is 6.10. The van der Waals surface area contributed by atoms with Crippen LogP contribution in [0.3, 0.4) is 0 Å². The van der Waals surface area contributed by atoms with Crippen molar-refractivity contribution in [2.45, 2.75) is 61.5 Å². The quantitative estimate of drug-likeness (QED) is 0.230. The number of hydrogen-bond acceptors (Lipinski definition) is 4. The van der Waals surface area contributed by atoms with Crippen LogP contribution in [0.1, 0.15) is 46.5 Å². The molecule has 2 unspecified atom stereocenters. The number of hydrogen-bond donors (Lipinski definition) is 0. The summed E-state index contributed by atoms with van der Waals surface area (Å²) in [4.78, 5) is 0.688. The largest absolute Gasteiger partial charge is 0.223 e. The first kappa shape index (κ1) is 27.8. The van der Waals surface area contributed by atoms with E-state index in [1.54, 1.807) is 60.7 Å². The first-order valence-electron chi connectivity index (χ1n) is 11.6. The second-order valence-corrected chi connectivity index (χ2v) is 13.0. The lowest BCUT2D eigenvalue weighted by Crippen LogP contribution is -2.23. The van der Waals surface area contributed by atoms with Crippen molar-refractivity contribution in [2.75, 3.05) is 5.75 Å². The van der Waals surface area contributed by atoms with Gasteiger partial charge in [-0.1, -0.05) is 79.3 Å². The summed E-state index contributed by atoms with van der Waals surface area (Å²) >= 11 is 0. The van der Waals surface area contributed by atoms with Crippen molar-refractivity contribution < 1.29 is 16.8 Å². The normalized spacial score (nSPS) is 14.3. The van der Waals surface area contributed by atoms with Crippen LogP contribution in [0.15, 0.2) is 106 Å². The van der Waals surface area contributed by atoms with E-state index in [0.717, 1.165) is 6.42 Å². The van der Waals surface area contributed by atoms with E-state index in [1.165, 1.54) is 5.57 Å². The van der Waals surface area contributed by atoms with E-state index in [-0.39, 0.29) is 11.7 Å². The van der Waals surface area contributed by atoms with Crippen molar-refractivity contribution in [1.29, 1.82) is 0 Å². The van der Waals surface area contributed by atoms with Crippen LogP contribution in [-0.4, -0.2) is 27.8 Å². The Labute approximate surface area is 206 Å². The van der Waals surface area contributed by atoms with E-state index >= 15 is 0 Å². The average molecular weight is 501 g/mol. The molecule has 0 aliphatic rings. The average Bonchev–Trinajstić information content (AvgIpc) is 2.80. The SMILES string of the molecule is CC(C)=CC(C)CC(CC=CCCC=CCS(=O)(=O)c1ccccc1)S(=O)(=O)c1ccccc1. The first-order chi connectivity index (χ1) is 16.1. The van der Waals surface area contributed by atoms with E-state index in [4.69, 9.17) is 0 Å². The van der Waals surface area contributed by atoms with Gasteiger partial charge in [0.2, 0.25) is 0 Å². The Morgan fingerprint density at radius 2 is 1.29 bits per heavy atom. The van der Waals surface area contributed by atoms with Crippen LogP contribution in [0.4, 0.5) is 0 Å². The molecule has 2 aromatic carbocycles. The van der Waals surface area contributed by atoms with E-state index in [2.05, 4.69) is 13.0 Å². The number of benzene rings is 2. The highest BCUT2D eigenvalue weighted by Gasteiger charge is 2.27. The molecule has 2 aromatic rings. The van der Waals surface area contributed by atoms with Gasteiger partial charge in [0.1, 0.15) is 0 Å². The minimum absolute atomic E-state index is 0.0274. The Hall–Kier alpha value is -2.44. The van der Waals surface area contributed by atoms with Crippen molar-refractivity contribution in [3.05, 3.63) is 96.6 Å². The Kier molecular flexibility index (Phi) is 11.0. The van der Waals surface area contributed by atoms with Gasteiger partial charge < -0.3 is 0 Å². The molecule has 4 nitrogen and oxygen atoms in total. The van der Waals surface area contributed by atoms with Crippen LogP contribution in [0.25, 0.3) is 0 Å². The number of unbranched alkanes of at least 4 members (excludes halogenated alkanes) is 1. The molecule has 0 aromatic heterocycles. The van der Waals surface area contributed by atoms with Gasteiger partial charge in [-0.3, -0.25) is 0 Å². The lowest BCUT2D eigenvalue weighted by Gasteiger charge is -2.19. The molecule has 0 saturated carbocycles. The van der Waals surface area contributed by atoms with Gasteiger partial charge in [-0.05, 0) is 69.7 Å². The maximum Gasteiger partial charge on any atom is 0.181 e. The van der Waals surface area contributed by atoms with Gasteiger partial charge in [0.15, 0.2) is 19.7 Å². The molecule has 0 saturated heterocycles. The van der Waals surface area contributed by atoms with Crippen molar-refractivity contribution in [1.82, 2.24) is 0 Å². The van der Waals surface area contributed by atoms with Gasteiger partial charge in [-0.2, -0.15) is 0 Å². The van der Waals surface area contributed by atoms with Gasteiger partial charge in [-0.15, -0.1) is 0 Å². The highest BCUT2D eigenvalue weighted by Crippen LogP contribution is 2.25. The molecule has 2 rings (SSSR count). The Balaban J connectivity index is 1.94. The maximum absolute atomic E-state index is 13.2. The fourth-order valence-corrected chi connectivity index (χ4v) is 6.80. The fourth-order valence-electron chi connectivity index (χ4n) is 3.80. The van der Waals surface area contributed by atoms with Gasteiger partial charge in [0.05, 0.1) is 20.8 Å². The number of sulfone groups is 2. The second kappa shape index (κ2) is 13.4. The van der Waals surface area contributed by atoms with Crippen LogP contribution in [0.2, 0.25) is 0 Å². The zero-order valence-electron chi connectivity index (χ0n) is 20.3. The topological polar surface area (TPSA) is 68.3 Å². The summed E-state index contributed by atoms with van der Waals surface area (Å²) in [7, 11) is -6.75. The Morgan fingerprint density at radius 3 is 1.85 bits per heavy atom. The molecule has 2 atom stereocenters. The molecule has 0 radical (unpaired) electrons. The molecule has 0 spiro atoms. The van der Waals surface area contributed by atoms with Crippen LogP contribution >= 0.6 is 0 Å². The van der Waals surface area contributed by atoms with Crippen molar-refractivity contribution in [3.8, 4) is 0 Å². The van der Waals surface area contributed by atoms with Crippen molar-refractivity contribution >= 4 is 19.7 Å². The third-order valence-corrected chi connectivity index (χ3v) is 9.23. The van der Waals surface area contributed by atoms with Crippen molar-refractivity contribution in [2.24, 2.45) is 5.92 Å². The highest BCUT2D eigenvalue weighted by atomic mass is 32.2. The summed E-state index contributed by atoms with van der Waals surface area (Å²) in [5.41, 5.74) is 1.18. The minimum Gasteiger partial charge on any atom is -0.223 e. The molecule has 0 aliphatic carbocycles. The minimum atomic E-state index is -3.44. The Morgan fingerprint density at radius 1 is 0.765 bits per heavy atom. The zero-order valence-corrected chi connectivity index (χ0v) is 21.9. The molecule has 0 heterocycles. The molecule has 0 amide bonds.